The van der Waals surface area contributed by atoms with Crippen LogP contribution in [0, 0.1) is 0 Å². The number of thiazole rings is 1. The van der Waals surface area contributed by atoms with E-state index in [1.165, 1.54) is 6.42 Å². The second kappa shape index (κ2) is 6.56. The van der Waals surface area contributed by atoms with Gasteiger partial charge in [-0.25, -0.2) is 4.98 Å². The van der Waals surface area contributed by atoms with E-state index in [-0.39, 0.29) is 6.10 Å². The molecule has 3 rings (SSSR count). The number of nitrogens with two attached hydrogens (primary N) is 1. The van der Waals surface area contributed by atoms with Gasteiger partial charge in [-0.2, -0.15) is 0 Å². The summed E-state index contributed by atoms with van der Waals surface area (Å²) in [5, 5.41) is 3.17. The lowest BCUT2D eigenvalue weighted by Crippen LogP contribution is -2.38. The molecule has 0 amide bonds. The molecule has 1 aromatic carbocycles. The van der Waals surface area contributed by atoms with Gasteiger partial charge in [-0.1, -0.05) is 19.1 Å². The van der Waals surface area contributed by atoms with Crippen LogP contribution in [0.2, 0.25) is 0 Å². The Balaban J connectivity index is 1.73. The summed E-state index contributed by atoms with van der Waals surface area (Å²) >= 11 is 1.68. The number of morpholine rings is 1. The molecule has 4 nitrogen and oxygen atoms in total. The highest BCUT2D eigenvalue weighted by molar-refractivity contribution is 7.10. The summed E-state index contributed by atoms with van der Waals surface area (Å²) in [4.78, 5) is 7.21. The zero-order chi connectivity index (χ0) is 14.7. The van der Waals surface area contributed by atoms with E-state index >= 15 is 0 Å². The Kier molecular flexibility index (Phi) is 4.53. The highest BCUT2D eigenvalue weighted by Gasteiger charge is 2.24. The Labute approximate surface area is 129 Å². The Morgan fingerprint density at radius 1 is 1.38 bits per heavy atom. The Hall–Kier alpha value is -1.43. The lowest BCUT2D eigenvalue weighted by atomic mass is 10.1. The van der Waals surface area contributed by atoms with Crippen LogP contribution in [-0.2, 0) is 4.74 Å². The number of nitrogen functional groups attached to an aromatic ring is 1. The van der Waals surface area contributed by atoms with Gasteiger partial charge in [0.2, 0.25) is 0 Å². The molecular formula is C16H21N3OS. The molecule has 0 bridgehead atoms. The number of hydrogen-bond donors (Lipinski definition) is 1. The van der Waals surface area contributed by atoms with Gasteiger partial charge in [0, 0.05) is 29.7 Å². The molecule has 1 saturated heterocycles. The quantitative estimate of drug-likeness (QED) is 0.881. The first-order valence-corrected chi connectivity index (χ1v) is 8.29. The van der Waals surface area contributed by atoms with Gasteiger partial charge >= 0.3 is 0 Å². The van der Waals surface area contributed by atoms with Crippen molar-refractivity contribution in [1.82, 2.24) is 9.88 Å². The molecular weight excluding hydrogens is 282 g/mol. The van der Waals surface area contributed by atoms with Crippen molar-refractivity contribution < 1.29 is 4.74 Å². The third-order valence-electron chi connectivity index (χ3n) is 3.69. The SMILES string of the molecule is CCCN1CCOC(c2nc(-c3ccc(N)cc3)cs2)C1. The molecule has 2 N–H and O–H groups in total. The van der Waals surface area contributed by atoms with Crippen LogP contribution in [0.1, 0.15) is 24.5 Å². The van der Waals surface area contributed by atoms with Crippen LogP contribution in [0.25, 0.3) is 11.3 Å². The number of nitrogens with zero attached hydrogens (tertiary/aromatic N) is 2. The highest BCUT2D eigenvalue weighted by Crippen LogP contribution is 2.29. The van der Waals surface area contributed by atoms with E-state index in [9.17, 15) is 0 Å². The molecule has 1 aliphatic rings. The van der Waals surface area contributed by atoms with Crippen molar-refractivity contribution in [3.8, 4) is 11.3 Å². The van der Waals surface area contributed by atoms with E-state index in [4.69, 9.17) is 15.5 Å². The molecule has 1 unspecified atom stereocenters. The lowest BCUT2D eigenvalue weighted by Gasteiger charge is -2.31. The van der Waals surface area contributed by atoms with Crippen LogP contribution in [0.4, 0.5) is 5.69 Å². The van der Waals surface area contributed by atoms with E-state index in [1.54, 1.807) is 11.3 Å². The number of rotatable bonds is 4. The van der Waals surface area contributed by atoms with Gasteiger partial charge in [-0.15, -0.1) is 11.3 Å². The maximum Gasteiger partial charge on any atom is 0.124 e. The van der Waals surface area contributed by atoms with Gasteiger partial charge in [0.15, 0.2) is 0 Å². The minimum atomic E-state index is 0.109. The predicted molar refractivity (Wildman–Crippen MR) is 87.4 cm³/mol. The number of anilines is 1. The number of hydrogen-bond acceptors (Lipinski definition) is 5. The molecule has 5 heteroatoms. The highest BCUT2D eigenvalue weighted by atomic mass is 32.1. The van der Waals surface area contributed by atoms with E-state index in [0.717, 1.165) is 48.2 Å². The van der Waals surface area contributed by atoms with Crippen molar-refractivity contribution >= 4 is 17.0 Å². The normalized spacial score (nSPS) is 19.8. The smallest absolute Gasteiger partial charge is 0.124 e. The molecule has 0 radical (unpaired) electrons. The molecule has 21 heavy (non-hydrogen) atoms. The number of aromatic nitrogens is 1. The summed E-state index contributed by atoms with van der Waals surface area (Å²) in [5.41, 5.74) is 8.62. The molecule has 1 aliphatic heterocycles. The van der Waals surface area contributed by atoms with Crippen LogP contribution in [0.3, 0.4) is 0 Å². The van der Waals surface area contributed by atoms with Crippen LogP contribution < -0.4 is 5.73 Å². The van der Waals surface area contributed by atoms with Crippen LogP contribution >= 0.6 is 11.3 Å². The summed E-state index contributed by atoms with van der Waals surface area (Å²) < 4.78 is 5.90. The van der Waals surface area contributed by atoms with E-state index in [0.29, 0.717) is 0 Å². The Morgan fingerprint density at radius 2 is 2.19 bits per heavy atom. The summed E-state index contributed by atoms with van der Waals surface area (Å²) in [6.45, 7) is 6.12. The van der Waals surface area contributed by atoms with Crippen molar-refractivity contribution in [3.63, 3.8) is 0 Å². The van der Waals surface area contributed by atoms with Gasteiger partial charge in [0.05, 0.1) is 12.3 Å². The maximum atomic E-state index is 5.90. The van der Waals surface area contributed by atoms with Gasteiger partial charge in [-0.05, 0) is 25.1 Å². The summed E-state index contributed by atoms with van der Waals surface area (Å²) in [6.07, 6.45) is 1.29. The fourth-order valence-corrected chi connectivity index (χ4v) is 3.46. The Bertz CT molecular complexity index is 579. The third kappa shape index (κ3) is 3.43. The average Bonchev–Trinajstić information content (AvgIpc) is 2.98. The summed E-state index contributed by atoms with van der Waals surface area (Å²) in [7, 11) is 0. The monoisotopic (exact) mass is 303 g/mol. The molecule has 2 heterocycles. The first-order valence-electron chi connectivity index (χ1n) is 7.41. The van der Waals surface area contributed by atoms with Gasteiger partial charge in [0.25, 0.3) is 0 Å². The summed E-state index contributed by atoms with van der Waals surface area (Å²) in [6, 6.07) is 7.85. The molecule has 1 aromatic heterocycles. The first kappa shape index (κ1) is 14.5. The molecule has 1 fully saturated rings. The number of ether oxygens (including phenoxy) is 1. The van der Waals surface area contributed by atoms with E-state index in [2.05, 4.69) is 17.2 Å². The zero-order valence-corrected chi connectivity index (χ0v) is 13.1. The molecule has 0 saturated carbocycles. The van der Waals surface area contributed by atoms with Crippen molar-refractivity contribution in [2.24, 2.45) is 0 Å². The number of benzene rings is 1. The average molecular weight is 303 g/mol. The second-order valence-electron chi connectivity index (χ2n) is 5.35. The summed E-state index contributed by atoms with van der Waals surface area (Å²) in [5.74, 6) is 0. The molecule has 112 valence electrons. The van der Waals surface area contributed by atoms with Crippen LogP contribution in [0.15, 0.2) is 29.6 Å². The van der Waals surface area contributed by atoms with Crippen LogP contribution in [-0.4, -0.2) is 36.1 Å². The van der Waals surface area contributed by atoms with Gasteiger partial charge in [-0.3, -0.25) is 4.90 Å². The third-order valence-corrected chi connectivity index (χ3v) is 4.63. The molecule has 2 aromatic rings. The Morgan fingerprint density at radius 3 is 2.95 bits per heavy atom. The standard InChI is InChI=1S/C16H21N3OS/c1-2-7-19-8-9-20-15(10-19)16-18-14(11-21-16)12-3-5-13(17)6-4-12/h3-6,11,15H,2,7-10,17H2,1H3. The topological polar surface area (TPSA) is 51.4 Å². The van der Waals surface area contributed by atoms with Gasteiger partial charge < -0.3 is 10.5 Å². The zero-order valence-electron chi connectivity index (χ0n) is 12.3. The van der Waals surface area contributed by atoms with E-state index < -0.39 is 0 Å². The first-order chi connectivity index (χ1) is 10.3. The molecule has 0 aliphatic carbocycles. The van der Waals surface area contributed by atoms with Crippen LogP contribution in [0.5, 0.6) is 0 Å². The maximum absolute atomic E-state index is 5.90. The minimum Gasteiger partial charge on any atom is -0.399 e. The minimum absolute atomic E-state index is 0.109. The predicted octanol–water partition coefficient (Wildman–Crippen LogP) is 3.18. The van der Waals surface area contributed by atoms with Crippen molar-refractivity contribution in [2.75, 3.05) is 32.0 Å². The largest absolute Gasteiger partial charge is 0.399 e. The molecule has 1 atom stereocenters. The van der Waals surface area contributed by atoms with Crippen molar-refractivity contribution in [3.05, 3.63) is 34.7 Å². The fraction of sp³-hybridized carbons (Fsp3) is 0.438. The molecule has 0 spiro atoms. The fourth-order valence-electron chi connectivity index (χ4n) is 2.59. The van der Waals surface area contributed by atoms with Crippen molar-refractivity contribution in [1.29, 1.82) is 0 Å². The van der Waals surface area contributed by atoms with Crippen molar-refractivity contribution in [2.45, 2.75) is 19.4 Å². The second-order valence-corrected chi connectivity index (χ2v) is 6.24. The lowest BCUT2D eigenvalue weighted by molar-refractivity contribution is -0.0298. The van der Waals surface area contributed by atoms with E-state index in [1.807, 2.05) is 24.3 Å². The van der Waals surface area contributed by atoms with Gasteiger partial charge in [0.1, 0.15) is 11.1 Å².